The van der Waals surface area contributed by atoms with Crippen LogP contribution in [0.1, 0.15) is 278 Å². The predicted molar refractivity (Wildman–Crippen MR) is 274 cm³/mol. The number of carbonyl (C=O) groups is 2. The highest BCUT2D eigenvalue weighted by molar-refractivity contribution is 7.45. The number of nitrogens with zero attached hydrogens (tertiary/aromatic N) is 1. The highest BCUT2D eigenvalue weighted by atomic mass is 31.2. The number of phosphoric acid groups is 1. The minimum absolute atomic E-state index is 0.000614. The fourth-order valence-electron chi connectivity index (χ4n) is 8.57. The first-order chi connectivity index (χ1) is 31.0. The van der Waals surface area contributed by atoms with Crippen molar-refractivity contribution >= 4 is 19.5 Å². The standard InChI is InChI=1S/C55H109N2O6P/c1-7-10-13-16-19-22-25-28-31-34-37-40-43-46-52(54(58)47-44-41-38-35-32-29-26-23-20-17-14-11-8-2)53(51-63-64(60,61)62-50-49-57(4,5)6)56-55(59)48-45-42-39-36-33-30-27-24-21-18-15-12-9-3/h43,46,52-53H,7-42,44-45,47-51H2,1-6H3,(H-,56,59,60,61)/b46-43+/t52-,53-/m1/s1. The fraction of sp³-hybridized carbons (Fsp3) is 0.927. The summed E-state index contributed by atoms with van der Waals surface area (Å²) >= 11 is 0. The molecule has 0 rings (SSSR count). The van der Waals surface area contributed by atoms with Gasteiger partial charge in [-0.3, -0.25) is 14.2 Å². The first-order valence-electron chi connectivity index (χ1n) is 27.8. The van der Waals surface area contributed by atoms with E-state index in [0.717, 1.165) is 57.8 Å². The summed E-state index contributed by atoms with van der Waals surface area (Å²) in [4.78, 5) is 40.5. The van der Waals surface area contributed by atoms with Crippen LogP contribution in [0.3, 0.4) is 0 Å². The summed E-state index contributed by atoms with van der Waals surface area (Å²) in [6.45, 7) is 6.96. The molecule has 0 radical (unpaired) electrons. The molecular weight excluding hydrogens is 816 g/mol. The number of quaternary nitrogens is 1. The van der Waals surface area contributed by atoms with Crippen LogP contribution in [-0.4, -0.2) is 63.1 Å². The molecule has 8 nitrogen and oxygen atoms in total. The van der Waals surface area contributed by atoms with Crippen LogP contribution in [0, 0.1) is 5.92 Å². The van der Waals surface area contributed by atoms with E-state index in [1.54, 1.807) is 0 Å². The maximum atomic E-state index is 14.1. The third kappa shape index (κ3) is 44.8. The molecular formula is C55H109N2O6P. The number of unbranched alkanes of at least 4 members (excludes halogenated alkanes) is 35. The van der Waals surface area contributed by atoms with Crippen molar-refractivity contribution in [2.24, 2.45) is 5.92 Å². The van der Waals surface area contributed by atoms with Gasteiger partial charge < -0.3 is 23.7 Å². The van der Waals surface area contributed by atoms with E-state index in [4.69, 9.17) is 9.05 Å². The van der Waals surface area contributed by atoms with Crippen molar-refractivity contribution in [1.82, 2.24) is 5.32 Å². The molecule has 0 aliphatic rings. The van der Waals surface area contributed by atoms with E-state index in [1.807, 2.05) is 27.2 Å². The molecule has 0 saturated carbocycles. The van der Waals surface area contributed by atoms with E-state index in [9.17, 15) is 19.0 Å². The van der Waals surface area contributed by atoms with Crippen molar-refractivity contribution < 1.29 is 32.6 Å². The van der Waals surface area contributed by atoms with Gasteiger partial charge in [0.2, 0.25) is 5.91 Å². The van der Waals surface area contributed by atoms with Gasteiger partial charge in [0.25, 0.3) is 7.82 Å². The molecule has 1 N–H and O–H groups in total. The number of hydrogen-bond acceptors (Lipinski definition) is 6. The lowest BCUT2D eigenvalue weighted by molar-refractivity contribution is -0.870. The molecule has 1 unspecified atom stereocenters. The van der Waals surface area contributed by atoms with Gasteiger partial charge in [-0.25, -0.2) is 0 Å². The first-order valence-corrected chi connectivity index (χ1v) is 29.3. The zero-order valence-electron chi connectivity index (χ0n) is 43.6. The molecule has 0 aliphatic carbocycles. The van der Waals surface area contributed by atoms with Gasteiger partial charge in [-0.1, -0.05) is 251 Å². The Labute approximate surface area is 398 Å². The molecule has 64 heavy (non-hydrogen) atoms. The van der Waals surface area contributed by atoms with Crippen LogP contribution in [0.5, 0.6) is 0 Å². The van der Waals surface area contributed by atoms with Gasteiger partial charge in [0.15, 0.2) is 0 Å². The average molecular weight is 925 g/mol. The Morgan fingerprint density at radius 2 is 0.859 bits per heavy atom. The Balaban J connectivity index is 5.40. The third-order valence-corrected chi connectivity index (χ3v) is 13.9. The molecule has 0 aliphatic heterocycles. The Kier molecular flexibility index (Phi) is 45.0. The summed E-state index contributed by atoms with van der Waals surface area (Å²) in [5, 5.41) is 3.09. The third-order valence-electron chi connectivity index (χ3n) is 12.9. The van der Waals surface area contributed by atoms with Crippen LogP contribution in [0.25, 0.3) is 0 Å². The average Bonchev–Trinajstić information content (AvgIpc) is 3.25. The molecule has 1 amide bonds. The monoisotopic (exact) mass is 925 g/mol. The summed E-state index contributed by atoms with van der Waals surface area (Å²) in [5.74, 6) is -0.771. The van der Waals surface area contributed by atoms with Gasteiger partial charge in [-0.15, -0.1) is 0 Å². The fourth-order valence-corrected chi connectivity index (χ4v) is 9.29. The van der Waals surface area contributed by atoms with Crippen molar-refractivity contribution in [3.63, 3.8) is 0 Å². The molecule has 0 fully saturated rings. The van der Waals surface area contributed by atoms with Gasteiger partial charge >= 0.3 is 0 Å². The van der Waals surface area contributed by atoms with E-state index < -0.39 is 19.8 Å². The number of phosphoric ester groups is 1. The second-order valence-electron chi connectivity index (χ2n) is 20.5. The number of rotatable bonds is 51. The molecule has 380 valence electrons. The highest BCUT2D eigenvalue weighted by Gasteiger charge is 2.29. The lowest BCUT2D eigenvalue weighted by atomic mass is 9.90. The van der Waals surface area contributed by atoms with Gasteiger partial charge in [-0.05, 0) is 25.7 Å². The van der Waals surface area contributed by atoms with E-state index in [-0.39, 0.29) is 24.9 Å². The molecule has 0 aromatic rings. The highest BCUT2D eigenvalue weighted by Crippen LogP contribution is 2.38. The smallest absolute Gasteiger partial charge is 0.268 e. The normalized spacial score (nSPS) is 14.0. The summed E-state index contributed by atoms with van der Waals surface area (Å²) < 4.78 is 24.2. The molecule has 9 heteroatoms. The van der Waals surface area contributed by atoms with Crippen molar-refractivity contribution in [2.45, 2.75) is 284 Å². The quantitative estimate of drug-likeness (QED) is 0.0282. The van der Waals surface area contributed by atoms with Gasteiger partial charge in [0.1, 0.15) is 18.9 Å². The van der Waals surface area contributed by atoms with E-state index >= 15 is 0 Å². The molecule has 0 spiro atoms. The zero-order valence-corrected chi connectivity index (χ0v) is 44.5. The van der Waals surface area contributed by atoms with E-state index in [2.05, 4.69) is 32.2 Å². The molecule has 0 aromatic carbocycles. The number of likely N-dealkylation sites (N-methyl/N-ethyl adjacent to an activating group) is 1. The topological polar surface area (TPSA) is 105 Å². The Hall–Kier alpha value is -1.05. The second kappa shape index (κ2) is 45.7. The lowest BCUT2D eigenvalue weighted by Crippen LogP contribution is -2.46. The largest absolute Gasteiger partial charge is 0.756 e. The van der Waals surface area contributed by atoms with E-state index in [1.165, 1.54) is 186 Å². The minimum Gasteiger partial charge on any atom is -0.756 e. The number of hydrogen-bond donors (Lipinski definition) is 1. The Bertz CT molecular complexity index is 1110. The molecule has 0 saturated heterocycles. The molecule has 3 atom stereocenters. The van der Waals surface area contributed by atoms with Crippen LogP contribution in [-0.2, 0) is 23.2 Å². The van der Waals surface area contributed by atoms with Gasteiger partial charge in [0, 0.05) is 12.8 Å². The number of nitrogens with one attached hydrogen (secondary N) is 1. The van der Waals surface area contributed by atoms with Crippen LogP contribution in [0.4, 0.5) is 0 Å². The van der Waals surface area contributed by atoms with Gasteiger partial charge in [-0.2, -0.15) is 0 Å². The Morgan fingerprint density at radius 1 is 0.516 bits per heavy atom. The minimum atomic E-state index is -4.65. The van der Waals surface area contributed by atoms with Crippen LogP contribution in [0.2, 0.25) is 0 Å². The second-order valence-corrected chi connectivity index (χ2v) is 21.9. The molecule has 0 heterocycles. The van der Waals surface area contributed by atoms with Crippen molar-refractivity contribution in [3.8, 4) is 0 Å². The van der Waals surface area contributed by atoms with Crippen molar-refractivity contribution in [1.29, 1.82) is 0 Å². The summed E-state index contributed by atoms with van der Waals surface area (Å²) in [6, 6.07) is -0.790. The predicted octanol–water partition coefficient (Wildman–Crippen LogP) is 16.1. The zero-order chi connectivity index (χ0) is 47.3. The van der Waals surface area contributed by atoms with Gasteiger partial charge in [0.05, 0.1) is 39.7 Å². The maximum Gasteiger partial charge on any atom is 0.268 e. The van der Waals surface area contributed by atoms with Crippen LogP contribution in [0.15, 0.2) is 12.2 Å². The number of ketones is 1. The molecule has 0 bridgehead atoms. The number of carbonyl (C=O) groups excluding carboxylic acids is 2. The summed E-state index contributed by atoms with van der Waals surface area (Å²) in [6.07, 6.45) is 51.8. The maximum absolute atomic E-state index is 14.1. The van der Waals surface area contributed by atoms with Crippen LogP contribution >= 0.6 is 7.82 Å². The van der Waals surface area contributed by atoms with Crippen molar-refractivity contribution in [3.05, 3.63) is 12.2 Å². The summed E-state index contributed by atoms with van der Waals surface area (Å²) in [7, 11) is 1.26. The number of amides is 1. The lowest BCUT2D eigenvalue weighted by Gasteiger charge is -2.30. The SMILES string of the molecule is CCCCCCCCCCCCC/C=C/[C@@H](C(=O)CCCCCCCCCCCCCCC)[C@@H](COP(=O)([O-])OCC[N+](C)(C)C)NC(=O)CCCCCCCCCCCCCCC. The first kappa shape index (κ1) is 63.0. The Morgan fingerprint density at radius 3 is 1.23 bits per heavy atom. The number of Topliss-reactive ketones (excluding diaryl/α,β-unsaturated/α-hetero) is 1. The molecule has 0 aromatic heterocycles. The van der Waals surface area contributed by atoms with Crippen molar-refractivity contribution in [2.75, 3.05) is 40.9 Å². The van der Waals surface area contributed by atoms with Crippen LogP contribution < -0.4 is 10.2 Å². The van der Waals surface area contributed by atoms with E-state index in [0.29, 0.717) is 23.9 Å². The number of allylic oxidation sites excluding steroid dienone is 1. The summed E-state index contributed by atoms with van der Waals surface area (Å²) in [5.41, 5.74) is 0.